The lowest BCUT2D eigenvalue weighted by Gasteiger charge is -2.02. The van der Waals surface area contributed by atoms with Crippen LogP contribution in [-0.2, 0) is 6.54 Å². The van der Waals surface area contributed by atoms with Gasteiger partial charge in [-0.2, -0.15) is 0 Å². The molecule has 1 aromatic rings. The Kier molecular flexibility index (Phi) is 2.41. The highest BCUT2D eigenvalue weighted by atomic mass is 14.8. The highest BCUT2D eigenvalue weighted by Gasteiger charge is 2.08. The molecule has 2 nitrogen and oxygen atoms in total. The molecule has 13 heavy (non-hydrogen) atoms. The second kappa shape index (κ2) is 3.71. The summed E-state index contributed by atoms with van der Waals surface area (Å²) in [5.41, 5.74) is 9.26. The summed E-state index contributed by atoms with van der Waals surface area (Å²) in [4.78, 5) is 4.46. The van der Waals surface area contributed by atoms with Crippen molar-refractivity contribution in [3.05, 3.63) is 35.4 Å². The van der Waals surface area contributed by atoms with Crippen molar-refractivity contribution < 1.29 is 0 Å². The fourth-order valence-electron chi connectivity index (χ4n) is 1.65. The van der Waals surface area contributed by atoms with Crippen LogP contribution in [0.3, 0.4) is 0 Å². The van der Waals surface area contributed by atoms with Crippen molar-refractivity contribution in [2.45, 2.75) is 19.4 Å². The van der Waals surface area contributed by atoms with E-state index in [-0.39, 0.29) is 0 Å². The first-order valence-corrected chi connectivity index (χ1v) is 4.73. The minimum Gasteiger partial charge on any atom is -0.326 e. The first-order valence-electron chi connectivity index (χ1n) is 4.73. The van der Waals surface area contributed by atoms with Gasteiger partial charge in [-0.25, -0.2) is 0 Å². The van der Waals surface area contributed by atoms with Crippen molar-refractivity contribution >= 4 is 5.71 Å². The van der Waals surface area contributed by atoms with Gasteiger partial charge in [-0.1, -0.05) is 18.2 Å². The summed E-state index contributed by atoms with van der Waals surface area (Å²) in [7, 11) is 0. The van der Waals surface area contributed by atoms with Crippen molar-refractivity contribution in [1.82, 2.24) is 0 Å². The topological polar surface area (TPSA) is 38.4 Å². The Morgan fingerprint density at radius 1 is 1.38 bits per heavy atom. The third-order valence-electron chi connectivity index (χ3n) is 2.37. The number of benzene rings is 1. The SMILES string of the molecule is NCc1cccc(C2=NCCC2)c1. The number of rotatable bonds is 2. The molecule has 0 saturated heterocycles. The van der Waals surface area contributed by atoms with Gasteiger partial charge in [0, 0.05) is 18.8 Å². The molecule has 0 aliphatic carbocycles. The zero-order valence-electron chi connectivity index (χ0n) is 7.66. The van der Waals surface area contributed by atoms with Crippen LogP contribution >= 0.6 is 0 Å². The maximum atomic E-state index is 5.58. The summed E-state index contributed by atoms with van der Waals surface area (Å²) in [6, 6.07) is 8.37. The molecule has 2 N–H and O–H groups in total. The second-order valence-electron chi connectivity index (χ2n) is 3.34. The van der Waals surface area contributed by atoms with Crippen LogP contribution < -0.4 is 5.73 Å². The lowest BCUT2D eigenvalue weighted by Crippen LogP contribution is -2.00. The summed E-state index contributed by atoms with van der Waals surface area (Å²) < 4.78 is 0. The van der Waals surface area contributed by atoms with E-state index in [1.807, 2.05) is 0 Å². The maximum Gasteiger partial charge on any atom is 0.0421 e. The molecule has 0 spiro atoms. The molecule has 0 fully saturated rings. The average Bonchev–Trinajstić information content (AvgIpc) is 2.71. The average molecular weight is 174 g/mol. The summed E-state index contributed by atoms with van der Waals surface area (Å²) in [6.07, 6.45) is 2.32. The van der Waals surface area contributed by atoms with E-state index in [0.29, 0.717) is 6.54 Å². The molecule has 2 rings (SSSR count). The van der Waals surface area contributed by atoms with Gasteiger partial charge in [0.25, 0.3) is 0 Å². The van der Waals surface area contributed by atoms with E-state index in [9.17, 15) is 0 Å². The minimum atomic E-state index is 0.612. The highest BCUT2D eigenvalue weighted by molar-refractivity contribution is 6.01. The lowest BCUT2D eigenvalue weighted by molar-refractivity contribution is 0.951. The second-order valence-corrected chi connectivity index (χ2v) is 3.34. The Morgan fingerprint density at radius 3 is 3.00 bits per heavy atom. The normalized spacial score (nSPS) is 15.9. The van der Waals surface area contributed by atoms with Crippen LogP contribution in [0.4, 0.5) is 0 Å². The number of aliphatic imine (C=N–C) groups is 1. The van der Waals surface area contributed by atoms with E-state index < -0.39 is 0 Å². The van der Waals surface area contributed by atoms with Gasteiger partial charge >= 0.3 is 0 Å². The molecule has 1 aliphatic rings. The third kappa shape index (κ3) is 1.78. The summed E-state index contributed by atoms with van der Waals surface area (Å²) in [6.45, 7) is 1.60. The number of hydrogen-bond donors (Lipinski definition) is 1. The number of hydrogen-bond acceptors (Lipinski definition) is 2. The molecule has 0 saturated carbocycles. The minimum absolute atomic E-state index is 0.612. The van der Waals surface area contributed by atoms with Crippen molar-refractivity contribution in [3.8, 4) is 0 Å². The quantitative estimate of drug-likeness (QED) is 0.728. The number of nitrogens with zero attached hydrogens (tertiary/aromatic N) is 1. The predicted molar refractivity (Wildman–Crippen MR) is 55.0 cm³/mol. The first kappa shape index (κ1) is 8.45. The van der Waals surface area contributed by atoms with Gasteiger partial charge in [0.2, 0.25) is 0 Å². The van der Waals surface area contributed by atoms with Crippen molar-refractivity contribution in [1.29, 1.82) is 0 Å². The van der Waals surface area contributed by atoms with Gasteiger partial charge in [0.05, 0.1) is 0 Å². The zero-order valence-corrected chi connectivity index (χ0v) is 7.66. The largest absolute Gasteiger partial charge is 0.326 e. The molecule has 2 heteroatoms. The lowest BCUT2D eigenvalue weighted by atomic mass is 10.0. The van der Waals surface area contributed by atoms with Crippen LogP contribution in [0.5, 0.6) is 0 Å². The van der Waals surface area contributed by atoms with Crippen molar-refractivity contribution in [2.75, 3.05) is 6.54 Å². The molecular formula is C11H14N2. The van der Waals surface area contributed by atoms with Crippen LogP contribution in [-0.4, -0.2) is 12.3 Å². The summed E-state index contributed by atoms with van der Waals surface area (Å²) in [5, 5.41) is 0. The predicted octanol–water partition coefficient (Wildman–Crippen LogP) is 1.73. The Morgan fingerprint density at radius 2 is 2.31 bits per heavy atom. The van der Waals surface area contributed by atoms with Crippen molar-refractivity contribution in [2.24, 2.45) is 10.7 Å². The first-order chi connectivity index (χ1) is 6.40. The zero-order chi connectivity index (χ0) is 9.10. The van der Waals surface area contributed by atoms with E-state index in [1.165, 1.54) is 23.3 Å². The van der Waals surface area contributed by atoms with Crippen molar-refractivity contribution in [3.63, 3.8) is 0 Å². The Hall–Kier alpha value is -1.15. The van der Waals surface area contributed by atoms with E-state index in [2.05, 4.69) is 29.3 Å². The van der Waals surface area contributed by atoms with E-state index in [1.54, 1.807) is 0 Å². The fraction of sp³-hybridized carbons (Fsp3) is 0.364. The van der Waals surface area contributed by atoms with Crippen LogP contribution in [0.1, 0.15) is 24.0 Å². The van der Waals surface area contributed by atoms with Gasteiger partial charge in [-0.3, -0.25) is 4.99 Å². The Bertz CT molecular complexity index is 329. The van der Waals surface area contributed by atoms with Gasteiger partial charge in [0.15, 0.2) is 0 Å². The summed E-state index contributed by atoms with van der Waals surface area (Å²) in [5.74, 6) is 0. The molecule has 1 aromatic carbocycles. The van der Waals surface area contributed by atoms with E-state index in [4.69, 9.17) is 5.73 Å². The smallest absolute Gasteiger partial charge is 0.0421 e. The van der Waals surface area contributed by atoms with E-state index >= 15 is 0 Å². The Balaban J connectivity index is 2.29. The number of nitrogens with two attached hydrogens (primary N) is 1. The molecular weight excluding hydrogens is 160 g/mol. The van der Waals surface area contributed by atoms with Gasteiger partial charge in [-0.05, 0) is 30.0 Å². The molecule has 68 valence electrons. The Labute approximate surface area is 78.5 Å². The summed E-state index contributed by atoms with van der Waals surface area (Å²) >= 11 is 0. The standard InChI is InChI=1S/C11H14N2/c12-8-9-3-1-4-10(7-9)11-5-2-6-13-11/h1,3-4,7H,2,5-6,8,12H2. The maximum absolute atomic E-state index is 5.58. The molecule has 1 heterocycles. The van der Waals surface area contributed by atoms with Crippen LogP contribution in [0.25, 0.3) is 0 Å². The monoisotopic (exact) mass is 174 g/mol. The fourth-order valence-corrected chi connectivity index (χ4v) is 1.65. The molecule has 0 bridgehead atoms. The molecule has 0 amide bonds. The van der Waals surface area contributed by atoms with Gasteiger partial charge < -0.3 is 5.73 Å². The van der Waals surface area contributed by atoms with Crippen LogP contribution in [0.15, 0.2) is 29.3 Å². The van der Waals surface area contributed by atoms with Gasteiger partial charge in [-0.15, -0.1) is 0 Å². The van der Waals surface area contributed by atoms with Gasteiger partial charge in [0.1, 0.15) is 0 Å². The molecule has 1 aliphatic heterocycles. The molecule has 0 atom stereocenters. The van der Waals surface area contributed by atoms with E-state index in [0.717, 1.165) is 13.0 Å². The molecule has 0 aromatic heterocycles. The molecule has 0 unspecified atom stereocenters. The van der Waals surface area contributed by atoms with Crippen LogP contribution in [0.2, 0.25) is 0 Å². The third-order valence-corrected chi connectivity index (χ3v) is 2.37. The highest BCUT2D eigenvalue weighted by Crippen LogP contribution is 2.14. The molecule has 0 radical (unpaired) electrons. The van der Waals surface area contributed by atoms with Crippen LogP contribution in [0, 0.1) is 0 Å².